The zero-order chi connectivity index (χ0) is 15.6. The number of benzene rings is 1. The van der Waals surface area contributed by atoms with E-state index in [4.69, 9.17) is 11.6 Å². The summed E-state index contributed by atoms with van der Waals surface area (Å²) in [6.07, 6.45) is 0. The second-order valence-electron chi connectivity index (χ2n) is 4.37. The molecule has 1 unspecified atom stereocenters. The first-order chi connectivity index (χ1) is 9.97. The maximum atomic E-state index is 12.0. The number of carbonyl (C=O) groups is 3. The Morgan fingerprint density at radius 2 is 1.95 bits per heavy atom. The predicted molar refractivity (Wildman–Crippen MR) is 77.6 cm³/mol. The lowest BCUT2D eigenvalue weighted by Crippen LogP contribution is -2.43. The monoisotopic (exact) mass is 329 g/mol. The van der Waals surface area contributed by atoms with Crippen molar-refractivity contribution >= 4 is 41.2 Å². The minimum absolute atomic E-state index is 0.0495. The summed E-state index contributed by atoms with van der Waals surface area (Å²) in [6.45, 7) is 0. The summed E-state index contributed by atoms with van der Waals surface area (Å²) in [4.78, 5) is 35.7. The molecule has 1 aromatic rings. The molecule has 6 nitrogen and oxygen atoms in total. The fourth-order valence-corrected chi connectivity index (χ4v) is 3.83. The van der Waals surface area contributed by atoms with E-state index < -0.39 is 29.3 Å². The van der Waals surface area contributed by atoms with E-state index in [-0.39, 0.29) is 17.2 Å². The van der Waals surface area contributed by atoms with Gasteiger partial charge in [-0.2, -0.15) is 0 Å². The molecule has 1 heterocycles. The standard InChI is InChI=1S/C13H12ClNO5S/c14-5-10(16)15-9(13(19)20)6-21-11(15)7-3-1-2-4-8(7)12(17)18/h1-4,9,11H,5-6H2,(H,17,18)(H,19,20)/t9-,11?/m0/s1. The molecule has 2 N–H and O–H groups in total. The molecule has 0 aliphatic carbocycles. The molecule has 2 rings (SSSR count). The number of carboxylic acids is 2. The number of halogens is 1. The predicted octanol–water partition coefficient (Wildman–Crippen LogP) is 1.65. The van der Waals surface area contributed by atoms with Gasteiger partial charge in [0.05, 0.1) is 5.56 Å². The Morgan fingerprint density at radius 1 is 1.29 bits per heavy atom. The SMILES string of the molecule is O=C(O)c1ccccc1C1SC[C@@H](C(=O)O)N1C(=O)CCl. The van der Waals surface area contributed by atoms with E-state index >= 15 is 0 Å². The highest BCUT2D eigenvalue weighted by Gasteiger charge is 2.43. The number of nitrogens with zero attached hydrogens (tertiary/aromatic N) is 1. The van der Waals surface area contributed by atoms with Gasteiger partial charge < -0.3 is 15.1 Å². The van der Waals surface area contributed by atoms with Gasteiger partial charge in [-0.3, -0.25) is 4.79 Å². The summed E-state index contributed by atoms with van der Waals surface area (Å²) >= 11 is 6.76. The summed E-state index contributed by atoms with van der Waals surface area (Å²) in [5.74, 6) is -2.94. The van der Waals surface area contributed by atoms with Crippen LogP contribution >= 0.6 is 23.4 Å². The fraction of sp³-hybridized carbons (Fsp3) is 0.308. The van der Waals surface area contributed by atoms with Crippen LogP contribution in [0.1, 0.15) is 21.3 Å². The molecule has 0 bridgehead atoms. The van der Waals surface area contributed by atoms with E-state index in [0.717, 1.165) is 4.90 Å². The van der Waals surface area contributed by atoms with Gasteiger partial charge in [-0.1, -0.05) is 18.2 Å². The van der Waals surface area contributed by atoms with Crippen LogP contribution in [0.25, 0.3) is 0 Å². The average molecular weight is 330 g/mol. The van der Waals surface area contributed by atoms with Gasteiger partial charge in [0.1, 0.15) is 17.3 Å². The second-order valence-corrected chi connectivity index (χ2v) is 5.75. The van der Waals surface area contributed by atoms with Crippen molar-refractivity contribution in [2.75, 3.05) is 11.6 Å². The lowest BCUT2D eigenvalue weighted by molar-refractivity contribution is -0.148. The number of alkyl halides is 1. The van der Waals surface area contributed by atoms with Gasteiger partial charge in [-0.25, -0.2) is 9.59 Å². The van der Waals surface area contributed by atoms with Crippen LogP contribution in [0.3, 0.4) is 0 Å². The van der Waals surface area contributed by atoms with E-state index in [0.29, 0.717) is 5.56 Å². The van der Waals surface area contributed by atoms with Gasteiger partial charge in [0.2, 0.25) is 5.91 Å². The van der Waals surface area contributed by atoms with Crippen LogP contribution in [-0.2, 0) is 9.59 Å². The Morgan fingerprint density at radius 3 is 2.52 bits per heavy atom. The van der Waals surface area contributed by atoms with Crippen molar-refractivity contribution in [1.82, 2.24) is 4.90 Å². The Bertz CT molecular complexity index is 594. The topological polar surface area (TPSA) is 94.9 Å². The van der Waals surface area contributed by atoms with Gasteiger partial charge in [0.25, 0.3) is 0 Å². The number of hydrogen-bond acceptors (Lipinski definition) is 4. The van der Waals surface area contributed by atoms with E-state index in [2.05, 4.69) is 0 Å². The molecule has 1 aliphatic heterocycles. The second kappa shape index (κ2) is 6.36. The van der Waals surface area contributed by atoms with Gasteiger partial charge in [0.15, 0.2) is 0 Å². The van der Waals surface area contributed by atoms with Crippen LogP contribution in [0.4, 0.5) is 0 Å². The first kappa shape index (κ1) is 15.7. The van der Waals surface area contributed by atoms with Gasteiger partial charge in [-0.05, 0) is 11.6 Å². The summed E-state index contributed by atoms with van der Waals surface area (Å²) in [5, 5.41) is 17.8. The number of hydrogen-bond donors (Lipinski definition) is 2. The average Bonchev–Trinajstić information content (AvgIpc) is 2.91. The third-order valence-corrected chi connectivity index (χ3v) is 4.68. The lowest BCUT2D eigenvalue weighted by atomic mass is 10.1. The molecule has 21 heavy (non-hydrogen) atoms. The first-order valence-electron chi connectivity index (χ1n) is 6.01. The van der Waals surface area contributed by atoms with Crippen molar-refractivity contribution < 1.29 is 24.6 Å². The molecule has 112 valence electrons. The summed E-state index contributed by atoms with van der Waals surface area (Å²) < 4.78 is 0. The van der Waals surface area contributed by atoms with Crippen molar-refractivity contribution in [2.45, 2.75) is 11.4 Å². The normalized spacial score (nSPS) is 21.3. The molecule has 8 heteroatoms. The number of rotatable bonds is 4. The molecule has 0 saturated carbocycles. The van der Waals surface area contributed by atoms with Crippen molar-refractivity contribution in [1.29, 1.82) is 0 Å². The highest BCUT2D eigenvalue weighted by Crippen LogP contribution is 2.42. The number of aromatic carboxylic acids is 1. The Balaban J connectivity index is 2.45. The minimum Gasteiger partial charge on any atom is -0.480 e. The van der Waals surface area contributed by atoms with Crippen LogP contribution in [0.2, 0.25) is 0 Å². The zero-order valence-corrected chi connectivity index (χ0v) is 12.3. The number of carbonyl (C=O) groups excluding carboxylic acids is 1. The third kappa shape index (κ3) is 2.98. The molecule has 0 aromatic heterocycles. The number of thioether (sulfide) groups is 1. The highest BCUT2D eigenvalue weighted by atomic mass is 35.5. The molecule has 1 fully saturated rings. The van der Waals surface area contributed by atoms with Crippen LogP contribution in [0.15, 0.2) is 24.3 Å². The van der Waals surface area contributed by atoms with Crippen LogP contribution < -0.4 is 0 Å². The van der Waals surface area contributed by atoms with Crippen LogP contribution in [0.5, 0.6) is 0 Å². The summed E-state index contributed by atoms with van der Waals surface area (Å²) in [5.41, 5.74) is 0.450. The molecule has 1 aromatic carbocycles. The first-order valence-corrected chi connectivity index (χ1v) is 7.59. The van der Waals surface area contributed by atoms with E-state index in [1.54, 1.807) is 18.2 Å². The Labute approximate surface area is 129 Å². The molecular weight excluding hydrogens is 318 g/mol. The van der Waals surface area contributed by atoms with E-state index in [1.807, 2.05) is 0 Å². The molecular formula is C13H12ClNO5S. The highest BCUT2D eigenvalue weighted by molar-refractivity contribution is 7.99. The summed E-state index contributed by atoms with van der Waals surface area (Å²) in [6, 6.07) is 5.23. The fourth-order valence-electron chi connectivity index (χ4n) is 2.22. The molecule has 2 atom stereocenters. The van der Waals surface area contributed by atoms with Gasteiger partial charge in [0, 0.05) is 5.75 Å². The van der Waals surface area contributed by atoms with Gasteiger partial charge >= 0.3 is 11.9 Å². The van der Waals surface area contributed by atoms with Gasteiger partial charge in [-0.15, -0.1) is 23.4 Å². The summed E-state index contributed by atoms with van der Waals surface area (Å²) in [7, 11) is 0. The molecule has 1 saturated heterocycles. The van der Waals surface area contributed by atoms with Crippen LogP contribution in [-0.4, -0.2) is 50.6 Å². The van der Waals surface area contributed by atoms with Crippen molar-refractivity contribution in [3.05, 3.63) is 35.4 Å². The number of aliphatic carboxylic acids is 1. The van der Waals surface area contributed by atoms with Crippen LogP contribution in [0, 0.1) is 0 Å². The minimum atomic E-state index is -1.13. The maximum Gasteiger partial charge on any atom is 0.336 e. The van der Waals surface area contributed by atoms with E-state index in [9.17, 15) is 24.6 Å². The number of carboxylic acid groups (broad SMARTS) is 2. The van der Waals surface area contributed by atoms with Crippen molar-refractivity contribution in [2.24, 2.45) is 0 Å². The lowest BCUT2D eigenvalue weighted by Gasteiger charge is -2.27. The Kier molecular flexibility index (Phi) is 4.74. The molecule has 0 spiro atoms. The third-order valence-electron chi connectivity index (χ3n) is 3.15. The zero-order valence-electron chi connectivity index (χ0n) is 10.7. The largest absolute Gasteiger partial charge is 0.480 e. The molecule has 0 radical (unpaired) electrons. The smallest absolute Gasteiger partial charge is 0.336 e. The Hall–Kier alpha value is -1.73. The maximum absolute atomic E-state index is 12.0. The molecule has 1 amide bonds. The quantitative estimate of drug-likeness (QED) is 0.816. The van der Waals surface area contributed by atoms with Crippen molar-refractivity contribution in [3.63, 3.8) is 0 Å². The van der Waals surface area contributed by atoms with E-state index in [1.165, 1.54) is 17.8 Å². The molecule has 1 aliphatic rings. The number of amides is 1. The van der Waals surface area contributed by atoms with Crippen molar-refractivity contribution in [3.8, 4) is 0 Å².